The van der Waals surface area contributed by atoms with Gasteiger partial charge in [0.05, 0.1) is 6.04 Å². The lowest BCUT2D eigenvalue weighted by molar-refractivity contribution is -0.134. The molecule has 36 heavy (non-hydrogen) atoms. The number of ether oxygens (including phenoxy) is 1. The molecule has 0 radical (unpaired) electrons. The first-order valence-corrected chi connectivity index (χ1v) is 12.6. The molecule has 3 aromatic carbocycles. The summed E-state index contributed by atoms with van der Waals surface area (Å²) >= 11 is 0. The Morgan fingerprint density at radius 1 is 0.889 bits per heavy atom. The fourth-order valence-electron chi connectivity index (χ4n) is 5.14. The quantitative estimate of drug-likeness (QED) is 0.552. The normalized spacial score (nSPS) is 18.0. The van der Waals surface area contributed by atoms with Crippen LogP contribution in [0.1, 0.15) is 38.7 Å². The van der Waals surface area contributed by atoms with E-state index in [4.69, 9.17) is 4.74 Å². The summed E-state index contributed by atoms with van der Waals surface area (Å²) in [5.74, 6) is 0.684. The largest absolute Gasteiger partial charge is 0.484 e. The van der Waals surface area contributed by atoms with E-state index >= 15 is 0 Å². The molecule has 2 heterocycles. The van der Waals surface area contributed by atoms with Gasteiger partial charge in [-0.3, -0.25) is 9.59 Å². The second kappa shape index (κ2) is 10.5. The number of amides is 2. The SMILES string of the molecule is Cc1cccc(C2c3cc(OCC(=O)N4CCN(C)CC4)ccc3CCN2C(=O)c2ccccc2)c1. The zero-order chi connectivity index (χ0) is 25.1. The molecule has 2 amide bonds. The summed E-state index contributed by atoms with van der Waals surface area (Å²) in [4.78, 5) is 32.4. The zero-order valence-corrected chi connectivity index (χ0v) is 21.0. The van der Waals surface area contributed by atoms with Crippen molar-refractivity contribution < 1.29 is 14.3 Å². The summed E-state index contributed by atoms with van der Waals surface area (Å²) in [6, 6.07) is 23.6. The maximum atomic E-state index is 13.6. The Balaban J connectivity index is 1.42. The van der Waals surface area contributed by atoms with Crippen LogP contribution in [-0.4, -0.2) is 72.9 Å². The molecule has 3 aromatic rings. The summed E-state index contributed by atoms with van der Waals surface area (Å²) < 4.78 is 5.99. The fraction of sp³-hybridized carbons (Fsp3) is 0.333. The summed E-state index contributed by atoms with van der Waals surface area (Å²) in [6.07, 6.45) is 0.775. The zero-order valence-electron chi connectivity index (χ0n) is 21.0. The molecule has 0 aliphatic carbocycles. The highest BCUT2D eigenvalue weighted by atomic mass is 16.5. The highest BCUT2D eigenvalue weighted by Crippen LogP contribution is 2.38. The van der Waals surface area contributed by atoms with Crippen LogP contribution >= 0.6 is 0 Å². The lowest BCUT2D eigenvalue weighted by Crippen LogP contribution is -2.48. The second-order valence-electron chi connectivity index (χ2n) is 9.76. The van der Waals surface area contributed by atoms with Crippen molar-refractivity contribution in [3.63, 3.8) is 0 Å². The van der Waals surface area contributed by atoms with E-state index < -0.39 is 0 Å². The minimum atomic E-state index is -0.224. The standard InChI is InChI=1S/C30H33N3O3/c1-22-7-6-10-25(19-22)29-27-20-26(36-21-28(34)32-17-15-31(2)16-18-32)12-11-23(27)13-14-33(29)30(35)24-8-4-3-5-9-24/h3-12,19-20,29H,13-18,21H2,1-2H3. The van der Waals surface area contributed by atoms with Gasteiger partial charge < -0.3 is 19.4 Å². The molecule has 6 heteroatoms. The highest BCUT2D eigenvalue weighted by Gasteiger charge is 2.33. The van der Waals surface area contributed by atoms with E-state index in [1.54, 1.807) is 0 Å². The van der Waals surface area contributed by atoms with Gasteiger partial charge in [-0.15, -0.1) is 0 Å². The third-order valence-corrected chi connectivity index (χ3v) is 7.20. The van der Waals surface area contributed by atoms with E-state index in [0.29, 0.717) is 17.9 Å². The van der Waals surface area contributed by atoms with Crippen LogP contribution in [0.25, 0.3) is 0 Å². The molecule has 6 nitrogen and oxygen atoms in total. The van der Waals surface area contributed by atoms with E-state index in [1.165, 1.54) is 5.56 Å². The average molecular weight is 484 g/mol. The third kappa shape index (κ3) is 5.14. The van der Waals surface area contributed by atoms with Crippen molar-refractivity contribution in [3.05, 3.63) is 101 Å². The molecule has 1 atom stereocenters. The number of hydrogen-bond donors (Lipinski definition) is 0. The number of benzene rings is 3. The molecule has 0 bridgehead atoms. The van der Waals surface area contributed by atoms with Crippen LogP contribution in [0.5, 0.6) is 5.75 Å². The van der Waals surface area contributed by atoms with Gasteiger partial charge in [0.25, 0.3) is 11.8 Å². The fourth-order valence-corrected chi connectivity index (χ4v) is 5.14. The molecular weight excluding hydrogens is 450 g/mol. The van der Waals surface area contributed by atoms with Gasteiger partial charge in [0, 0.05) is 38.3 Å². The number of piperazine rings is 1. The molecule has 0 spiro atoms. The van der Waals surface area contributed by atoms with Crippen LogP contribution in [0.15, 0.2) is 72.8 Å². The first-order chi connectivity index (χ1) is 17.5. The van der Waals surface area contributed by atoms with E-state index in [0.717, 1.165) is 49.3 Å². The Labute approximate surface area is 213 Å². The van der Waals surface area contributed by atoms with Gasteiger partial charge in [-0.05, 0) is 61.3 Å². The average Bonchev–Trinajstić information content (AvgIpc) is 2.91. The molecule has 0 aromatic heterocycles. The molecule has 1 unspecified atom stereocenters. The van der Waals surface area contributed by atoms with Crippen molar-refractivity contribution >= 4 is 11.8 Å². The number of nitrogens with zero attached hydrogens (tertiary/aromatic N) is 3. The van der Waals surface area contributed by atoms with Crippen LogP contribution in [0, 0.1) is 6.92 Å². The topological polar surface area (TPSA) is 53.1 Å². The lowest BCUT2D eigenvalue weighted by Gasteiger charge is -2.38. The predicted molar refractivity (Wildman–Crippen MR) is 140 cm³/mol. The van der Waals surface area contributed by atoms with E-state index in [2.05, 4.69) is 43.1 Å². The second-order valence-corrected chi connectivity index (χ2v) is 9.76. The molecule has 5 rings (SSSR count). The van der Waals surface area contributed by atoms with Crippen molar-refractivity contribution in [1.82, 2.24) is 14.7 Å². The molecule has 2 aliphatic heterocycles. The monoisotopic (exact) mass is 483 g/mol. The molecular formula is C30H33N3O3. The smallest absolute Gasteiger partial charge is 0.260 e. The number of hydrogen-bond acceptors (Lipinski definition) is 4. The lowest BCUT2D eigenvalue weighted by atomic mass is 9.87. The van der Waals surface area contributed by atoms with Crippen LogP contribution in [-0.2, 0) is 11.2 Å². The van der Waals surface area contributed by atoms with Crippen molar-refractivity contribution in [1.29, 1.82) is 0 Å². The number of fused-ring (bicyclic) bond motifs is 1. The van der Waals surface area contributed by atoms with Gasteiger partial charge in [-0.1, -0.05) is 54.1 Å². The maximum Gasteiger partial charge on any atom is 0.260 e. The van der Waals surface area contributed by atoms with Gasteiger partial charge in [-0.25, -0.2) is 0 Å². The Kier molecular flexibility index (Phi) is 7.05. The summed E-state index contributed by atoms with van der Waals surface area (Å²) in [5, 5.41) is 0. The van der Waals surface area contributed by atoms with Gasteiger partial charge in [0.1, 0.15) is 5.75 Å². The third-order valence-electron chi connectivity index (χ3n) is 7.20. The number of aryl methyl sites for hydroxylation is 1. The molecule has 186 valence electrons. The summed E-state index contributed by atoms with van der Waals surface area (Å²) in [5.41, 5.74) is 5.17. The van der Waals surface area contributed by atoms with E-state index in [1.807, 2.05) is 58.3 Å². The molecule has 0 saturated carbocycles. The number of carbonyl (C=O) groups is 2. The van der Waals surface area contributed by atoms with Crippen LogP contribution in [0.3, 0.4) is 0 Å². The van der Waals surface area contributed by atoms with Crippen LogP contribution in [0.2, 0.25) is 0 Å². The summed E-state index contributed by atoms with van der Waals surface area (Å²) in [7, 11) is 2.07. The minimum absolute atomic E-state index is 0.0111. The van der Waals surface area contributed by atoms with Gasteiger partial charge >= 0.3 is 0 Å². The number of carbonyl (C=O) groups excluding carboxylic acids is 2. The minimum Gasteiger partial charge on any atom is -0.484 e. The maximum absolute atomic E-state index is 13.6. The van der Waals surface area contributed by atoms with Gasteiger partial charge in [0.15, 0.2) is 6.61 Å². The van der Waals surface area contributed by atoms with E-state index in [-0.39, 0.29) is 24.5 Å². The first-order valence-electron chi connectivity index (χ1n) is 12.6. The van der Waals surface area contributed by atoms with Gasteiger partial charge in [0.2, 0.25) is 0 Å². The van der Waals surface area contributed by atoms with Crippen molar-refractivity contribution in [3.8, 4) is 5.75 Å². The Hall–Kier alpha value is -3.64. The Morgan fingerprint density at radius 2 is 1.67 bits per heavy atom. The molecule has 1 fully saturated rings. The Bertz CT molecular complexity index is 1240. The molecule has 0 N–H and O–H groups in total. The van der Waals surface area contributed by atoms with Crippen LogP contribution in [0.4, 0.5) is 0 Å². The highest BCUT2D eigenvalue weighted by molar-refractivity contribution is 5.95. The predicted octanol–water partition coefficient (Wildman–Crippen LogP) is 3.94. The van der Waals surface area contributed by atoms with E-state index in [9.17, 15) is 9.59 Å². The Morgan fingerprint density at radius 3 is 2.42 bits per heavy atom. The van der Waals surface area contributed by atoms with Crippen molar-refractivity contribution in [2.45, 2.75) is 19.4 Å². The molecule has 2 aliphatic rings. The molecule has 1 saturated heterocycles. The van der Waals surface area contributed by atoms with Gasteiger partial charge in [-0.2, -0.15) is 0 Å². The first kappa shape index (κ1) is 24.1. The van der Waals surface area contributed by atoms with Crippen molar-refractivity contribution in [2.75, 3.05) is 46.4 Å². The van der Waals surface area contributed by atoms with Crippen LogP contribution < -0.4 is 4.74 Å². The number of rotatable bonds is 5. The van der Waals surface area contributed by atoms with Crippen molar-refractivity contribution in [2.24, 2.45) is 0 Å². The number of likely N-dealkylation sites (N-methyl/N-ethyl adjacent to an activating group) is 1. The summed E-state index contributed by atoms with van der Waals surface area (Å²) in [6.45, 7) is 5.96.